The quantitative estimate of drug-likeness (QED) is 0.759. The van der Waals surface area contributed by atoms with Crippen LogP contribution in [0.25, 0.3) is 0 Å². The van der Waals surface area contributed by atoms with Crippen molar-refractivity contribution in [3.63, 3.8) is 0 Å². The molecule has 1 aromatic heterocycles. The van der Waals surface area contributed by atoms with Crippen LogP contribution in [0.3, 0.4) is 0 Å². The standard InChI is InChI=1S/C15H16N2O4/c1-2-20-14(18)10-17(9-12-6-4-3-5-7-12)15(19)13-8-16-11-21-13/h3-8,11H,2,9-10H2,1H3. The maximum Gasteiger partial charge on any atom is 0.325 e. The third kappa shape index (κ3) is 4.17. The second-order valence-electron chi connectivity index (χ2n) is 4.32. The van der Waals surface area contributed by atoms with Gasteiger partial charge in [0.15, 0.2) is 6.39 Å². The molecule has 0 N–H and O–H groups in total. The smallest absolute Gasteiger partial charge is 0.325 e. The van der Waals surface area contributed by atoms with Crippen LogP contribution in [-0.2, 0) is 16.1 Å². The van der Waals surface area contributed by atoms with E-state index < -0.39 is 11.9 Å². The lowest BCUT2D eigenvalue weighted by atomic mass is 10.2. The van der Waals surface area contributed by atoms with E-state index in [4.69, 9.17) is 9.15 Å². The van der Waals surface area contributed by atoms with Crippen molar-refractivity contribution in [1.29, 1.82) is 0 Å². The van der Waals surface area contributed by atoms with Crippen molar-refractivity contribution < 1.29 is 18.7 Å². The van der Waals surface area contributed by atoms with E-state index in [0.717, 1.165) is 5.56 Å². The van der Waals surface area contributed by atoms with Crippen LogP contribution < -0.4 is 0 Å². The predicted molar refractivity (Wildman–Crippen MR) is 74.3 cm³/mol. The summed E-state index contributed by atoms with van der Waals surface area (Å²) in [5.74, 6) is -0.763. The molecule has 0 atom stereocenters. The fraction of sp³-hybridized carbons (Fsp3) is 0.267. The van der Waals surface area contributed by atoms with E-state index in [1.54, 1.807) is 6.92 Å². The van der Waals surface area contributed by atoms with Crippen molar-refractivity contribution in [1.82, 2.24) is 9.88 Å². The van der Waals surface area contributed by atoms with E-state index in [2.05, 4.69) is 4.98 Å². The number of hydrogen-bond donors (Lipinski definition) is 0. The maximum atomic E-state index is 12.3. The average Bonchev–Trinajstić information content (AvgIpc) is 3.01. The first-order valence-electron chi connectivity index (χ1n) is 6.58. The summed E-state index contributed by atoms with van der Waals surface area (Å²) >= 11 is 0. The number of carbonyl (C=O) groups is 2. The molecule has 6 nitrogen and oxygen atoms in total. The van der Waals surface area contributed by atoms with Crippen molar-refractivity contribution >= 4 is 11.9 Å². The zero-order valence-corrected chi connectivity index (χ0v) is 11.7. The molecular weight excluding hydrogens is 272 g/mol. The summed E-state index contributed by atoms with van der Waals surface area (Å²) in [6.45, 7) is 2.15. The first-order chi connectivity index (χ1) is 10.2. The lowest BCUT2D eigenvalue weighted by Gasteiger charge is -2.20. The molecule has 21 heavy (non-hydrogen) atoms. The van der Waals surface area contributed by atoms with Gasteiger partial charge in [0.05, 0.1) is 12.8 Å². The van der Waals surface area contributed by atoms with Crippen molar-refractivity contribution in [2.24, 2.45) is 0 Å². The number of benzene rings is 1. The highest BCUT2D eigenvalue weighted by molar-refractivity contribution is 5.93. The first-order valence-corrected chi connectivity index (χ1v) is 6.58. The molecule has 0 aliphatic rings. The van der Waals surface area contributed by atoms with Gasteiger partial charge in [-0.2, -0.15) is 0 Å². The third-order valence-corrected chi connectivity index (χ3v) is 2.77. The Kier molecular flexibility index (Phi) is 5.09. The molecule has 2 rings (SSSR count). The number of esters is 1. The molecule has 0 aliphatic heterocycles. The summed E-state index contributed by atoms with van der Waals surface area (Å²) in [6, 6.07) is 9.39. The topological polar surface area (TPSA) is 72.6 Å². The van der Waals surface area contributed by atoms with Gasteiger partial charge in [0.25, 0.3) is 5.91 Å². The highest BCUT2D eigenvalue weighted by Crippen LogP contribution is 2.10. The van der Waals surface area contributed by atoms with Gasteiger partial charge in [-0.05, 0) is 12.5 Å². The average molecular weight is 288 g/mol. The Labute approximate surface area is 122 Å². The molecule has 0 fully saturated rings. The molecule has 110 valence electrons. The fourth-order valence-electron chi connectivity index (χ4n) is 1.84. The van der Waals surface area contributed by atoms with Crippen LogP contribution in [0.5, 0.6) is 0 Å². The molecule has 2 aromatic rings. The third-order valence-electron chi connectivity index (χ3n) is 2.77. The Hall–Kier alpha value is -2.63. The van der Waals surface area contributed by atoms with Crippen LogP contribution in [0.15, 0.2) is 47.3 Å². The van der Waals surface area contributed by atoms with Crippen molar-refractivity contribution in [2.75, 3.05) is 13.2 Å². The molecule has 0 bridgehead atoms. The van der Waals surface area contributed by atoms with Crippen LogP contribution in [0.4, 0.5) is 0 Å². The molecule has 6 heteroatoms. The van der Waals surface area contributed by atoms with Crippen molar-refractivity contribution in [3.05, 3.63) is 54.2 Å². The van der Waals surface area contributed by atoms with E-state index in [0.29, 0.717) is 6.54 Å². The molecule has 0 aliphatic carbocycles. The Bertz CT molecular complexity index is 581. The lowest BCUT2D eigenvalue weighted by Crippen LogP contribution is -2.35. The van der Waals surface area contributed by atoms with Crippen molar-refractivity contribution in [2.45, 2.75) is 13.5 Å². The van der Waals surface area contributed by atoms with Gasteiger partial charge in [-0.25, -0.2) is 4.98 Å². The molecule has 1 heterocycles. The largest absolute Gasteiger partial charge is 0.465 e. The van der Waals surface area contributed by atoms with Gasteiger partial charge in [0.2, 0.25) is 5.76 Å². The van der Waals surface area contributed by atoms with Gasteiger partial charge in [0, 0.05) is 6.54 Å². The van der Waals surface area contributed by atoms with Crippen LogP contribution in [0.1, 0.15) is 23.0 Å². The highest BCUT2D eigenvalue weighted by Gasteiger charge is 2.22. The van der Waals surface area contributed by atoms with Gasteiger partial charge in [-0.3, -0.25) is 9.59 Å². The molecule has 0 saturated carbocycles. The zero-order chi connectivity index (χ0) is 15.1. The van der Waals surface area contributed by atoms with Crippen molar-refractivity contribution in [3.8, 4) is 0 Å². The minimum absolute atomic E-state index is 0.0928. The van der Waals surface area contributed by atoms with Gasteiger partial charge in [-0.15, -0.1) is 0 Å². The molecule has 1 aromatic carbocycles. The fourth-order valence-corrected chi connectivity index (χ4v) is 1.84. The summed E-state index contributed by atoms with van der Waals surface area (Å²) < 4.78 is 9.90. The van der Waals surface area contributed by atoms with Crippen LogP contribution in [-0.4, -0.2) is 34.9 Å². The Morgan fingerprint density at radius 2 is 2.05 bits per heavy atom. The number of carbonyl (C=O) groups excluding carboxylic acids is 2. The van der Waals surface area contributed by atoms with E-state index in [-0.39, 0.29) is 18.9 Å². The first kappa shape index (κ1) is 14.8. The number of amides is 1. The highest BCUT2D eigenvalue weighted by atomic mass is 16.5. The summed E-state index contributed by atoms with van der Waals surface area (Å²) in [5, 5.41) is 0. The molecule has 0 unspecified atom stereocenters. The number of oxazole rings is 1. The van der Waals surface area contributed by atoms with Gasteiger partial charge < -0.3 is 14.1 Å². The van der Waals surface area contributed by atoms with Crippen LogP contribution in [0.2, 0.25) is 0 Å². The summed E-state index contributed by atoms with van der Waals surface area (Å²) in [6.07, 6.45) is 2.50. The number of ether oxygens (including phenoxy) is 1. The van der Waals surface area contributed by atoms with Gasteiger partial charge in [0.1, 0.15) is 6.54 Å². The molecule has 0 saturated heterocycles. The Morgan fingerprint density at radius 1 is 1.29 bits per heavy atom. The number of hydrogen-bond acceptors (Lipinski definition) is 5. The summed E-state index contributed by atoms with van der Waals surface area (Å²) in [4.78, 5) is 29.1. The van der Waals surface area contributed by atoms with E-state index in [1.165, 1.54) is 17.5 Å². The maximum absolute atomic E-state index is 12.3. The summed E-state index contributed by atoms with van der Waals surface area (Å²) in [7, 11) is 0. The lowest BCUT2D eigenvalue weighted by molar-refractivity contribution is -0.143. The number of aromatic nitrogens is 1. The second-order valence-corrected chi connectivity index (χ2v) is 4.32. The molecular formula is C15H16N2O4. The normalized spacial score (nSPS) is 10.1. The Morgan fingerprint density at radius 3 is 2.67 bits per heavy atom. The monoisotopic (exact) mass is 288 g/mol. The molecule has 0 spiro atoms. The van der Waals surface area contributed by atoms with Gasteiger partial charge in [-0.1, -0.05) is 30.3 Å². The number of rotatable bonds is 6. The summed E-state index contributed by atoms with van der Waals surface area (Å²) in [5.41, 5.74) is 0.912. The Balaban J connectivity index is 2.13. The van der Waals surface area contributed by atoms with E-state index in [1.807, 2.05) is 30.3 Å². The predicted octanol–water partition coefficient (Wildman–Crippen LogP) is 1.88. The molecule has 1 amide bonds. The molecule has 0 radical (unpaired) electrons. The van der Waals surface area contributed by atoms with Gasteiger partial charge >= 0.3 is 5.97 Å². The minimum Gasteiger partial charge on any atom is -0.465 e. The van der Waals surface area contributed by atoms with Crippen LogP contribution >= 0.6 is 0 Å². The second kappa shape index (κ2) is 7.23. The number of nitrogens with zero attached hydrogens (tertiary/aromatic N) is 2. The van der Waals surface area contributed by atoms with E-state index >= 15 is 0 Å². The minimum atomic E-state index is -0.457. The van der Waals surface area contributed by atoms with Crippen LogP contribution in [0, 0.1) is 0 Å². The zero-order valence-electron chi connectivity index (χ0n) is 11.7. The van der Waals surface area contributed by atoms with E-state index in [9.17, 15) is 9.59 Å². The SMILES string of the molecule is CCOC(=O)CN(Cc1ccccc1)C(=O)c1cnco1.